The van der Waals surface area contributed by atoms with Crippen molar-refractivity contribution in [2.24, 2.45) is 0 Å². The number of ketones is 1. The standard InChI is InChI=1S/C16H12N4O/c21-15(12-4-2-1-3-5-12)13-6-8-14(9-7-13)20-16-18-10-17-11-19-16/h1-11H,(H,17,18,19,20). The van der Waals surface area contributed by atoms with Gasteiger partial charge in [0.25, 0.3) is 0 Å². The molecule has 3 aromatic rings. The summed E-state index contributed by atoms with van der Waals surface area (Å²) in [5.74, 6) is 0.467. The summed E-state index contributed by atoms with van der Waals surface area (Å²) in [5.41, 5.74) is 2.13. The summed E-state index contributed by atoms with van der Waals surface area (Å²) in [5, 5.41) is 3.04. The van der Waals surface area contributed by atoms with Crippen LogP contribution < -0.4 is 5.32 Å². The number of rotatable bonds is 4. The number of nitrogens with one attached hydrogen (secondary N) is 1. The van der Waals surface area contributed by atoms with Gasteiger partial charge in [0.05, 0.1) is 0 Å². The molecule has 1 N–H and O–H groups in total. The minimum Gasteiger partial charge on any atom is -0.324 e. The van der Waals surface area contributed by atoms with Gasteiger partial charge in [-0.2, -0.15) is 0 Å². The first-order valence-corrected chi connectivity index (χ1v) is 6.42. The lowest BCUT2D eigenvalue weighted by Gasteiger charge is -2.05. The van der Waals surface area contributed by atoms with Crippen LogP contribution in [0.1, 0.15) is 15.9 Å². The van der Waals surface area contributed by atoms with Crippen LogP contribution in [0.3, 0.4) is 0 Å². The van der Waals surface area contributed by atoms with E-state index in [1.165, 1.54) is 12.7 Å². The van der Waals surface area contributed by atoms with Gasteiger partial charge in [0, 0.05) is 16.8 Å². The van der Waals surface area contributed by atoms with Gasteiger partial charge in [-0.25, -0.2) is 15.0 Å². The first kappa shape index (κ1) is 12.9. The molecule has 5 nitrogen and oxygen atoms in total. The molecule has 0 saturated heterocycles. The van der Waals surface area contributed by atoms with E-state index in [2.05, 4.69) is 20.3 Å². The number of carbonyl (C=O) groups is 1. The van der Waals surface area contributed by atoms with Crippen LogP contribution in [0.5, 0.6) is 0 Å². The second-order valence-electron chi connectivity index (χ2n) is 4.36. The molecule has 1 heterocycles. The first-order valence-electron chi connectivity index (χ1n) is 6.42. The van der Waals surface area contributed by atoms with Gasteiger partial charge in [0.15, 0.2) is 5.78 Å². The zero-order chi connectivity index (χ0) is 14.5. The van der Waals surface area contributed by atoms with Crippen LogP contribution in [-0.4, -0.2) is 20.7 Å². The molecule has 0 radical (unpaired) electrons. The molecule has 0 saturated carbocycles. The van der Waals surface area contributed by atoms with E-state index >= 15 is 0 Å². The van der Waals surface area contributed by atoms with E-state index in [1.807, 2.05) is 30.3 Å². The molecule has 102 valence electrons. The van der Waals surface area contributed by atoms with Gasteiger partial charge in [-0.1, -0.05) is 30.3 Å². The zero-order valence-electron chi connectivity index (χ0n) is 11.1. The highest BCUT2D eigenvalue weighted by molar-refractivity contribution is 6.09. The molecule has 0 spiro atoms. The Morgan fingerprint density at radius 3 is 2.10 bits per heavy atom. The minimum atomic E-state index is 0.00214. The third-order valence-electron chi connectivity index (χ3n) is 2.93. The van der Waals surface area contributed by atoms with Crippen molar-refractivity contribution >= 4 is 17.4 Å². The predicted octanol–water partition coefficient (Wildman–Crippen LogP) is 2.85. The molecule has 0 aliphatic rings. The van der Waals surface area contributed by atoms with E-state index in [9.17, 15) is 4.79 Å². The maximum atomic E-state index is 12.3. The number of nitrogens with zero attached hydrogens (tertiary/aromatic N) is 3. The molecule has 21 heavy (non-hydrogen) atoms. The average Bonchev–Trinajstić information content (AvgIpc) is 2.57. The third kappa shape index (κ3) is 3.09. The summed E-state index contributed by atoms with van der Waals surface area (Å²) < 4.78 is 0. The number of hydrogen-bond donors (Lipinski definition) is 1. The Bertz CT molecular complexity index is 727. The van der Waals surface area contributed by atoms with E-state index in [1.54, 1.807) is 24.3 Å². The molecule has 0 aliphatic carbocycles. The molecule has 0 bridgehead atoms. The third-order valence-corrected chi connectivity index (χ3v) is 2.93. The second-order valence-corrected chi connectivity index (χ2v) is 4.36. The first-order chi connectivity index (χ1) is 10.3. The molecule has 0 unspecified atom stereocenters. The van der Waals surface area contributed by atoms with Crippen molar-refractivity contribution in [1.29, 1.82) is 0 Å². The fourth-order valence-corrected chi connectivity index (χ4v) is 1.89. The van der Waals surface area contributed by atoms with Crippen LogP contribution in [0.25, 0.3) is 0 Å². The van der Waals surface area contributed by atoms with Crippen molar-refractivity contribution in [3.05, 3.63) is 78.4 Å². The van der Waals surface area contributed by atoms with Crippen LogP contribution >= 0.6 is 0 Å². The van der Waals surface area contributed by atoms with Crippen LogP contribution in [0, 0.1) is 0 Å². The van der Waals surface area contributed by atoms with Crippen molar-refractivity contribution in [3.8, 4) is 0 Å². The van der Waals surface area contributed by atoms with E-state index < -0.39 is 0 Å². The zero-order valence-corrected chi connectivity index (χ0v) is 11.1. The number of carbonyl (C=O) groups excluding carboxylic acids is 1. The van der Waals surface area contributed by atoms with Gasteiger partial charge in [-0.3, -0.25) is 4.79 Å². The Morgan fingerprint density at radius 1 is 0.810 bits per heavy atom. The van der Waals surface area contributed by atoms with Gasteiger partial charge in [0.2, 0.25) is 5.95 Å². The molecule has 0 fully saturated rings. The normalized spacial score (nSPS) is 10.1. The van der Waals surface area contributed by atoms with Crippen molar-refractivity contribution in [2.75, 3.05) is 5.32 Å². The molecular weight excluding hydrogens is 264 g/mol. The Morgan fingerprint density at radius 2 is 1.43 bits per heavy atom. The molecule has 0 aliphatic heterocycles. The Labute approximate surface area is 121 Å². The number of anilines is 2. The van der Waals surface area contributed by atoms with Gasteiger partial charge in [-0.05, 0) is 24.3 Å². The number of hydrogen-bond acceptors (Lipinski definition) is 5. The minimum absolute atomic E-state index is 0.00214. The van der Waals surface area contributed by atoms with Crippen molar-refractivity contribution < 1.29 is 4.79 Å². The maximum Gasteiger partial charge on any atom is 0.230 e. The van der Waals surface area contributed by atoms with Crippen LogP contribution in [-0.2, 0) is 0 Å². The Hall–Kier alpha value is -3.08. The summed E-state index contributed by atoms with van der Waals surface area (Å²) in [6.45, 7) is 0. The maximum absolute atomic E-state index is 12.3. The Balaban J connectivity index is 1.77. The quantitative estimate of drug-likeness (QED) is 0.742. The summed E-state index contributed by atoms with van der Waals surface area (Å²) in [6, 6.07) is 16.4. The lowest BCUT2D eigenvalue weighted by molar-refractivity contribution is 0.103. The molecular formula is C16H12N4O. The van der Waals surface area contributed by atoms with Gasteiger partial charge >= 0.3 is 0 Å². The molecule has 3 rings (SSSR count). The lowest BCUT2D eigenvalue weighted by atomic mass is 10.0. The highest BCUT2D eigenvalue weighted by Gasteiger charge is 2.08. The van der Waals surface area contributed by atoms with E-state index in [0.717, 1.165) is 5.69 Å². The van der Waals surface area contributed by atoms with Gasteiger partial charge in [-0.15, -0.1) is 0 Å². The van der Waals surface area contributed by atoms with Gasteiger partial charge in [0.1, 0.15) is 12.7 Å². The molecule has 5 heteroatoms. The summed E-state index contributed by atoms with van der Waals surface area (Å²) >= 11 is 0. The average molecular weight is 276 g/mol. The van der Waals surface area contributed by atoms with Crippen molar-refractivity contribution in [1.82, 2.24) is 15.0 Å². The second kappa shape index (κ2) is 5.92. The van der Waals surface area contributed by atoms with Crippen LogP contribution in [0.2, 0.25) is 0 Å². The molecule has 1 aromatic heterocycles. The summed E-state index contributed by atoms with van der Waals surface area (Å²) in [7, 11) is 0. The van der Waals surface area contributed by atoms with Crippen molar-refractivity contribution in [2.45, 2.75) is 0 Å². The van der Waals surface area contributed by atoms with Crippen LogP contribution in [0.15, 0.2) is 67.3 Å². The summed E-state index contributed by atoms with van der Waals surface area (Å²) in [4.78, 5) is 24.0. The topological polar surface area (TPSA) is 67.8 Å². The lowest BCUT2D eigenvalue weighted by Crippen LogP contribution is -2.01. The summed E-state index contributed by atoms with van der Waals surface area (Å²) in [6.07, 6.45) is 2.84. The van der Waals surface area contributed by atoms with E-state index in [0.29, 0.717) is 17.1 Å². The number of benzene rings is 2. The molecule has 0 atom stereocenters. The van der Waals surface area contributed by atoms with Crippen LogP contribution in [0.4, 0.5) is 11.6 Å². The smallest absolute Gasteiger partial charge is 0.230 e. The molecule has 0 amide bonds. The largest absolute Gasteiger partial charge is 0.324 e. The van der Waals surface area contributed by atoms with Crippen molar-refractivity contribution in [3.63, 3.8) is 0 Å². The van der Waals surface area contributed by atoms with Gasteiger partial charge < -0.3 is 5.32 Å². The highest BCUT2D eigenvalue weighted by Crippen LogP contribution is 2.15. The fraction of sp³-hybridized carbons (Fsp3) is 0. The molecule has 2 aromatic carbocycles. The van der Waals surface area contributed by atoms with E-state index in [4.69, 9.17) is 0 Å². The predicted molar refractivity (Wildman–Crippen MR) is 79.4 cm³/mol. The van der Waals surface area contributed by atoms with E-state index in [-0.39, 0.29) is 5.78 Å². The SMILES string of the molecule is O=C(c1ccccc1)c1ccc(Nc2ncncn2)cc1. The fourth-order valence-electron chi connectivity index (χ4n) is 1.89. The monoisotopic (exact) mass is 276 g/mol. The number of aromatic nitrogens is 3. The Kier molecular flexibility index (Phi) is 3.64. The highest BCUT2D eigenvalue weighted by atomic mass is 16.1.